The van der Waals surface area contributed by atoms with Crippen LogP contribution in [0.1, 0.15) is 0 Å². The molecule has 11 heteroatoms. The topological polar surface area (TPSA) is 0 Å². The molecule has 0 aliphatic rings. The lowest BCUT2D eigenvalue weighted by Gasteiger charge is -1.98. The molecular formula is C7H3F11. The van der Waals surface area contributed by atoms with Gasteiger partial charge in [-0.05, 0) is 6.58 Å². The molecule has 0 bridgehead atoms. The Morgan fingerprint density at radius 2 is 1.06 bits per heavy atom. The minimum absolute atomic E-state index is 0.750. The Labute approximate surface area is 92.7 Å². The van der Waals surface area contributed by atoms with Crippen molar-refractivity contribution in [2.75, 3.05) is 0 Å². The molecule has 0 aliphatic carbocycles. The first kappa shape index (κ1) is 21.7. The van der Waals surface area contributed by atoms with E-state index in [0.29, 0.717) is 0 Å². The minimum Gasteiger partial charge on any atom is -0.210 e. The first-order valence-corrected chi connectivity index (χ1v) is 3.25. The van der Waals surface area contributed by atoms with E-state index in [9.17, 15) is 48.3 Å². The van der Waals surface area contributed by atoms with Gasteiger partial charge in [-0.2, -0.15) is 43.9 Å². The standard InChI is InChI=1S/C3F6.C2HF3.C2H2F2/c4-1(2(5)6)3(7,8)9;3-1-2(4)5;1-2(3)4/h;1H;1H2. The van der Waals surface area contributed by atoms with Crippen molar-refractivity contribution in [3.8, 4) is 0 Å². The highest BCUT2D eigenvalue weighted by Crippen LogP contribution is 2.29. The van der Waals surface area contributed by atoms with Gasteiger partial charge in [-0.15, -0.1) is 0 Å². The van der Waals surface area contributed by atoms with Crippen LogP contribution in [0.15, 0.2) is 37.0 Å². The molecule has 0 aromatic carbocycles. The first-order valence-electron chi connectivity index (χ1n) is 3.25. The van der Waals surface area contributed by atoms with E-state index in [-0.39, 0.29) is 0 Å². The summed E-state index contributed by atoms with van der Waals surface area (Å²) in [4.78, 5) is 0. The van der Waals surface area contributed by atoms with Crippen molar-refractivity contribution in [3.05, 3.63) is 37.0 Å². The number of hydrogen-bond donors (Lipinski definition) is 0. The predicted octanol–water partition coefficient (Wildman–Crippen LogP) is 5.72. The van der Waals surface area contributed by atoms with Crippen molar-refractivity contribution in [2.45, 2.75) is 6.18 Å². The van der Waals surface area contributed by atoms with Gasteiger partial charge in [-0.3, -0.25) is 0 Å². The Morgan fingerprint density at radius 1 is 0.833 bits per heavy atom. The Morgan fingerprint density at radius 3 is 1.06 bits per heavy atom. The van der Waals surface area contributed by atoms with Gasteiger partial charge >= 0.3 is 12.3 Å². The molecule has 0 atom stereocenters. The summed E-state index contributed by atoms with van der Waals surface area (Å²) in [5.74, 6) is -3.33. The monoisotopic (exact) mass is 296 g/mol. The minimum atomic E-state index is -5.56. The second-order valence-electron chi connectivity index (χ2n) is 1.81. The summed E-state index contributed by atoms with van der Waals surface area (Å²) in [5.41, 5.74) is 0. The second kappa shape index (κ2) is 10.6. The summed E-state index contributed by atoms with van der Waals surface area (Å²) in [6.45, 7) is 2.22. The Bertz CT molecular complexity index is 285. The SMILES string of the molecule is C=C(F)F.FC(F)=C(F)C(F)(F)F.FC=C(F)F. The number of rotatable bonds is 0. The second-order valence-corrected chi connectivity index (χ2v) is 1.81. The van der Waals surface area contributed by atoms with Crippen LogP contribution in [0.3, 0.4) is 0 Å². The van der Waals surface area contributed by atoms with Crippen LogP contribution < -0.4 is 0 Å². The molecule has 18 heavy (non-hydrogen) atoms. The maximum atomic E-state index is 11.0. The van der Waals surface area contributed by atoms with E-state index in [1.54, 1.807) is 0 Å². The van der Waals surface area contributed by atoms with Gasteiger partial charge in [0.25, 0.3) is 18.0 Å². The fourth-order valence-electron chi connectivity index (χ4n) is 0.107. The molecule has 108 valence electrons. The molecule has 0 aromatic heterocycles. The Kier molecular flexibility index (Phi) is 12.8. The van der Waals surface area contributed by atoms with Crippen LogP contribution in [-0.2, 0) is 0 Å². The van der Waals surface area contributed by atoms with Gasteiger partial charge in [-0.1, -0.05) is 0 Å². The fourth-order valence-corrected chi connectivity index (χ4v) is 0.107. The van der Waals surface area contributed by atoms with E-state index in [0.717, 1.165) is 0 Å². The number of alkyl halides is 3. The largest absolute Gasteiger partial charge is 0.448 e. The molecule has 0 rings (SSSR count). The molecule has 0 amide bonds. The highest BCUT2D eigenvalue weighted by atomic mass is 19.4. The molecule has 0 aliphatic heterocycles. The smallest absolute Gasteiger partial charge is 0.210 e. The summed E-state index contributed by atoms with van der Waals surface area (Å²) in [7, 11) is 0. The van der Waals surface area contributed by atoms with Crippen LogP contribution in [0, 0.1) is 0 Å². The Balaban J connectivity index is -0.000000212. The molecule has 0 N–H and O–H groups in total. The number of allylic oxidation sites excluding steroid dienone is 1. The van der Waals surface area contributed by atoms with Gasteiger partial charge in [0.05, 0.1) is 0 Å². The van der Waals surface area contributed by atoms with Crippen LogP contribution >= 0.6 is 0 Å². The van der Waals surface area contributed by atoms with Gasteiger partial charge in [0.2, 0.25) is 0 Å². The number of hydrogen-bond acceptors (Lipinski definition) is 0. The van der Waals surface area contributed by atoms with Crippen LogP contribution in [0.5, 0.6) is 0 Å². The average molecular weight is 296 g/mol. The maximum Gasteiger partial charge on any atom is 0.448 e. The fraction of sp³-hybridized carbons (Fsp3) is 0.143. The van der Waals surface area contributed by atoms with E-state index in [2.05, 4.69) is 6.58 Å². The molecule has 0 heterocycles. The van der Waals surface area contributed by atoms with Crippen LogP contribution in [-0.4, -0.2) is 6.18 Å². The molecule has 0 nitrogen and oxygen atoms in total. The van der Waals surface area contributed by atoms with Crippen molar-refractivity contribution in [3.63, 3.8) is 0 Å². The van der Waals surface area contributed by atoms with Gasteiger partial charge in [0, 0.05) is 0 Å². The van der Waals surface area contributed by atoms with Crippen LogP contribution in [0.4, 0.5) is 48.3 Å². The average Bonchev–Trinajstić information content (AvgIpc) is 2.15. The van der Waals surface area contributed by atoms with Gasteiger partial charge in [0.15, 0.2) is 6.33 Å². The van der Waals surface area contributed by atoms with E-state index < -0.39 is 36.6 Å². The Hall–Kier alpha value is -1.55. The molecule has 0 saturated carbocycles. The molecule has 0 fully saturated rings. The highest BCUT2D eigenvalue weighted by Gasteiger charge is 2.38. The molecule has 0 spiro atoms. The third-order valence-electron chi connectivity index (χ3n) is 0.497. The molecule has 0 saturated heterocycles. The zero-order valence-corrected chi connectivity index (χ0v) is 7.94. The van der Waals surface area contributed by atoms with Gasteiger partial charge in [-0.25, -0.2) is 4.39 Å². The third kappa shape index (κ3) is 23.9. The van der Waals surface area contributed by atoms with Gasteiger partial charge < -0.3 is 0 Å². The van der Waals surface area contributed by atoms with E-state index in [4.69, 9.17) is 0 Å². The van der Waals surface area contributed by atoms with Crippen molar-refractivity contribution < 1.29 is 48.3 Å². The zero-order valence-electron chi connectivity index (χ0n) is 7.94. The van der Waals surface area contributed by atoms with Crippen LogP contribution in [0.25, 0.3) is 0 Å². The highest BCUT2D eigenvalue weighted by molar-refractivity contribution is 4.98. The number of halogens is 11. The van der Waals surface area contributed by atoms with Crippen molar-refractivity contribution in [1.29, 1.82) is 0 Å². The van der Waals surface area contributed by atoms with E-state index in [1.165, 1.54) is 0 Å². The normalized spacial score (nSPS) is 9.06. The summed E-state index contributed by atoms with van der Waals surface area (Å²) >= 11 is 0. The third-order valence-corrected chi connectivity index (χ3v) is 0.497. The summed E-state index contributed by atoms with van der Waals surface area (Å²) < 4.78 is 116. The van der Waals surface area contributed by atoms with E-state index in [1.807, 2.05) is 0 Å². The zero-order chi connectivity index (χ0) is 15.5. The van der Waals surface area contributed by atoms with Crippen LogP contribution in [0.2, 0.25) is 0 Å². The molecule has 0 radical (unpaired) electrons. The first-order chi connectivity index (χ1) is 7.86. The van der Waals surface area contributed by atoms with Crippen molar-refractivity contribution >= 4 is 0 Å². The summed E-state index contributed by atoms with van der Waals surface area (Å²) in [5, 5.41) is 0. The lowest BCUT2D eigenvalue weighted by atomic mass is 10.6. The lowest BCUT2D eigenvalue weighted by Crippen LogP contribution is -2.08. The molecular weight excluding hydrogens is 293 g/mol. The van der Waals surface area contributed by atoms with Crippen molar-refractivity contribution in [2.24, 2.45) is 0 Å². The quantitative estimate of drug-likeness (QED) is 0.502. The predicted molar refractivity (Wildman–Crippen MR) is 39.2 cm³/mol. The van der Waals surface area contributed by atoms with Gasteiger partial charge in [0.1, 0.15) is 0 Å². The lowest BCUT2D eigenvalue weighted by molar-refractivity contribution is -0.113. The molecule has 0 unspecified atom stereocenters. The van der Waals surface area contributed by atoms with Crippen molar-refractivity contribution in [1.82, 2.24) is 0 Å². The maximum absolute atomic E-state index is 11.0. The molecule has 0 aromatic rings. The summed E-state index contributed by atoms with van der Waals surface area (Å²) in [6, 6.07) is 0. The van der Waals surface area contributed by atoms with E-state index >= 15 is 0 Å². The summed E-state index contributed by atoms with van der Waals surface area (Å²) in [6.07, 6.45) is -13.8.